The van der Waals surface area contributed by atoms with Crippen molar-refractivity contribution in [1.82, 2.24) is 0 Å². The van der Waals surface area contributed by atoms with Gasteiger partial charge in [0.1, 0.15) is 0 Å². The van der Waals surface area contributed by atoms with Gasteiger partial charge in [-0.25, -0.2) is 0 Å². The molecule has 90 valence electrons. The molecule has 0 N–H and O–H groups in total. The van der Waals surface area contributed by atoms with Crippen molar-refractivity contribution in [1.29, 1.82) is 0 Å². The van der Waals surface area contributed by atoms with E-state index in [1.54, 1.807) is 7.11 Å². The second-order valence-corrected chi connectivity index (χ2v) is 4.08. The maximum absolute atomic E-state index is 5.66. The SMILES string of the molecule is COc1ccccc1OCCCCCCS. The number of hydrogen-bond acceptors (Lipinski definition) is 3. The van der Waals surface area contributed by atoms with Gasteiger partial charge in [0.2, 0.25) is 0 Å². The van der Waals surface area contributed by atoms with E-state index in [9.17, 15) is 0 Å². The van der Waals surface area contributed by atoms with Crippen LogP contribution >= 0.6 is 12.6 Å². The molecule has 1 aromatic carbocycles. The van der Waals surface area contributed by atoms with Gasteiger partial charge in [0.05, 0.1) is 13.7 Å². The molecule has 0 amide bonds. The van der Waals surface area contributed by atoms with Crippen LogP contribution < -0.4 is 9.47 Å². The lowest BCUT2D eigenvalue weighted by Gasteiger charge is -2.09. The Hall–Kier alpha value is -0.830. The van der Waals surface area contributed by atoms with Gasteiger partial charge >= 0.3 is 0 Å². The zero-order chi connectivity index (χ0) is 11.6. The normalized spacial score (nSPS) is 10.1. The van der Waals surface area contributed by atoms with E-state index in [0.29, 0.717) is 0 Å². The fourth-order valence-electron chi connectivity index (χ4n) is 1.49. The fourth-order valence-corrected chi connectivity index (χ4v) is 1.71. The molecule has 0 bridgehead atoms. The molecular formula is C13H20O2S. The molecule has 0 saturated carbocycles. The standard InChI is InChI=1S/C13H20O2S/c1-14-12-8-4-5-9-13(12)15-10-6-2-3-7-11-16/h4-5,8-9,16H,2-3,6-7,10-11H2,1H3. The summed E-state index contributed by atoms with van der Waals surface area (Å²) in [4.78, 5) is 0. The highest BCUT2D eigenvalue weighted by atomic mass is 32.1. The number of thiol groups is 1. The first-order valence-electron chi connectivity index (χ1n) is 5.75. The fraction of sp³-hybridized carbons (Fsp3) is 0.538. The Morgan fingerprint density at radius 2 is 1.69 bits per heavy atom. The molecule has 16 heavy (non-hydrogen) atoms. The molecule has 0 saturated heterocycles. The second-order valence-electron chi connectivity index (χ2n) is 3.64. The molecule has 0 heterocycles. The lowest BCUT2D eigenvalue weighted by Crippen LogP contribution is -1.99. The summed E-state index contributed by atoms with van der Waals surface area (Å²) in [6, 6.07) is 7.75. The summed E-state index contributed by atoms with van der Waals surface area (Å²) in [7, 11) is 1.66. The van der Waals surface area contributed by atoms with Crippen molar-refractivity contribution in [3.63, 3.8) is 0 Å². The summed E-state index contributed by atoms with van der Waals surface area (Å²) in [6.07, 6.45) is 4.72. The first kappa shape index (κ1) is 13.2. The predicted octanol–water partition coefficient (Wildman–Crippen LogP) is 3.56. The highest BCUT2D eigenvalue weighted by Crippen LogP contribution is 2.25. The number of methoxy groups -OCH3 is 1. The molecule has 0 fully saturated rings. The van der Waals surface area contributed by atoms with Crippen molar-refractivity contribution in [2.24, 2.45) is 0 Å². The Kier molecular flexibility index (Phi) is 6.90. The van der Waals surface area contributed by atoms with Crippen LogP contribution in [-0.2, 0) is 0 Å². The first-order valence-corrected chi connectivity index (χ1v) is 6.38. The van der Waals surface area contributed by atoms with E-state index < -0.39 is 0 Å². The molecule has 0 unspecified atom stereocenters. The molecule has 0 radical (unpaired) electrons. The van der Waals surface area contributed by atoms with Crippen molar-refractivity contribution in [3.8, 4) is 11.5 Å². The molecule has 3 heteroatoms. The summed E-state index contributed by atoms with van der Waals surface area (Å²) in [5, 5.41) is 0. The Morgan fingerprint density at radius 1 is 1.00 bits per heavy atom. The topological polar surface area (TPSA) is 18.5 Å². The number of unbranched alkanes of at least 4 members (excludes halogenated alkanes) is 3. The molecule has 0 aliphatic heterocycles. The second kappa shape index (κ2) is 8.34. The maximum Gasteiger partial charge on any atom is 0.161 e. The lowest BCUT2D eigenvalue weighted by atomic mass is 10.2. The van der Waals surface area contributed by atoms with Gasteiger partial charge in [0.15, 0.2) is 11.5 Å². The minimum atomic E-state index is 0.757. The van der Waals surface area contributed by atoms with Gasteiger partial charge in [0.25, 0.3) is 0 Å². The van der Waals surface area contributed by atoms with Crippen LogP contribution in [0.25, 0.3) is 0 Å². The molecule has 0 spiro atoms. The molecular weight excluding hydrogens is 220 g/mol. The average molecular weight is 240 g/mol. The third-order valence-corrected chi connectivity index (χ3v) is 2.70. The van der Waals surface area contributed by atoms with E-state index in [0.717, 1.165) is 30.3 Å². The predicted molar refractivity (Wildman–Crippen MR) is 70.8 cm³/mol. The minimum absolute atomic E-state index is 0.757. The van der Waals surface area contributed by atoms with Gasteiger partial charge in [-0.2, -0.15) is 12.6 Å². The van der Waals surface area contributed by atoms with Crippen LogP contribution in [0.2, 0.25) is 0 Å². The van der Waals surface area contributed by atoms with Crippen LogP contribution in [-0.4, -0.2) is 19.5 Å². The van der Waals surface area contributed by atoms with Crippen LogP contribution in [0.1, 0.15) is 25.7 Å². The summed E-state index contributed by atoms with van der Waals surface area (Å²) in [6.45, 7) is 0.757. The molecule has 1 aromatic rings. The Labute approximate surface area is 103 Å². The van der Waals surface area contributed by atoms with Crippen LogP contribution in [0.5, 0.6) is 11.5 Å². The van der Waals surface area contributed by atoms with Gasteiger partial charge in [-0.15, -0.1) is 0 Å². The Balaban J connectivity index is 2.21. The number of rotatable bonds is 8. The van der Waals surface area contributed by atoms with Gasteiger partial charge < -0.3 is 9.47 Å². The van der Waals surface area contributed by atoms with Gasteiger partial charge in [-0.05, 0) is 30.7 Å². The monoisotopic (exact) mass is 240 g/mol. The highest BCUT2D eigenvalue weighted by molar-refractivity contribution is 7.80. The maximum atomic E-state index is 5.66. The first-order chi connectivity index (χ1) is 7.88. The van der Waals surface area contributed by atoms with Crippen molar-refractivity contribution in [2.45, 2.75) is 25.7 Å². The summed E-state index contributed by atoms with van der Waals surface area (Å²) in [5.41, 5.74) is 0. The quantitative estimate of drug-likeness (QED) is 0.553. The zero-order valence-corrected chi connectivity index (χ0v) is 10.7. The van der Waals surface area contributed by atoms with E-state index in [1.807, 2.05) is 24.3 Å². The van der Waals surface area contributed by atoms with E-state index in [-0.39, 0.29) is 0 Å². The van der Waals surface area contributed by atoms with Crippen molar-refractivity contribution < 1.29 is 9.47 Å². The van der Waals surface area contributed by atoms with E-state index in [1.165, 1.54) is 19.3 Å². The van der Waals surface area contributed by atoms with Crippen LogP contribution in [0.15, 0.2) is 24.3 Å². The van der Waals surface area contributed by atoms with E-state index in [4.69, 9.17) is 9.47 Å². The van der Waals surface area contributed by atoms with Crippen molar-refractivity contribution >= 4 is 12.6 Å². The number of benzene rings is 1. The van der Waals surface area contributed by atoms with Crippen LogP contribution in [0.4, 0.5) is 0 Å². The highest BCUT2D eigenvalue weighted by Gasteiger charge is 2.01. The molecule has 0 atom stereocenters. The molecule has 1 rings (SSSR count). The molecule has 0 aliphatic carbocycles. The summed E-state index contributed by atoms with van der Waals surface area (Å²) >= 11 is 4.18. The third kappa shape index (κ3) is 4.79. The van der Waals surface area contributed by atoms with Crippen molar-refractivity contribution in [3.05, 3.63) is 24.3 Å². The summed E-state index contributed by atoms with van der Waals surface area (Å²) < 4.78 is 10.9. The third-order valence-electron chi connectivity index (χ3n) is 2.38. The largest absolute Gasteiger partial charge is 0.493 e. The average Bonchev–Trinajstić information content (AvgIpc) is 2.34. The van der Waals surface area contributed by atoms with E-state index >= 15 is 0 Å². The molecule has 2 nitrogen and oxygen atoms in total. The van der Waals surface area contributed by atoms with Crippen LogP contribution in [0, 0.1) is 0 Å². The minimum Gasteiger partial charge on any atom is -0.493 e. The van der Waals surface area contributed by atoms with Gasteiger partial charge in [-0.1, -0.05) is 25.0 Å². The number of hydrogen-bond donors (Lipinski definition) is 1. The Morgan fingerprint density at radius 3 is 2.38 bits per heavy atom. The lowest BCUT2D eigenvalue weighted by molar-refractivity contribution is 0.285. The van der Waals surface area contributed by atoms with Gasteiger partial charge in [-0.3, -0.25) is 0 Å². The number of ether oxygens (including phenoxy) is 2. The van der Waals surface area contributed by atoms with Crippen LogP contribution in [0.3, 0.4) is 0 Å². The Bertz CT molecular complexity index is 289. The zero-order valence-electron chi connectivity index (χ0n) is 9.82. The van der Waals surface area contributed by atoms with E-state index in [2.05, 4.69) is 12.6 Å². The molecule has 0 aromatic heterocycles. The molecule has 0 aliphatic rings. The smallest absolute Gasteiger partial charge is 0.161 e. The van der Waals surface area contributed by atoms with Gasteiger partial charge in [0, 0.05) is 0 Å². The summed E-state index contributed by atoms with van der Waals surface area (Å²) in [5.74, 6) is 2.62. The number of para-hydroxylation sites is 2. The van der Waals surface area contributed by atoms with Crippen molar-refractivity contribution in [2.75, 3.05) is 19.5 Å².